The molecule has 2 aliphatic carbocycles. The molecule has 2 bridgehead atoms. The largest absolute Gasteiger partial charge is 0.458 e. The number of esters is 1. The van der Waals surface area contributed by atoms with Crippen LogP contribution in [-0.2, 0) is 19.1 Å². The van der Waals surface area contributed by atoms with E-state index in [0.29, 0.717) is 0 Å². The molecule has 0 aromatic rings. The lowest BCUT2D eigenvalue weighted by Gasteiger charge is -2.30. The normalized spacial score (nSPS) is 42.9. The third-order valence-electron chi connectivity index (χ3n) is 5.32. The first-order chi connectivity index (χ1) is 9.66. The van der Waals surface area contributed by atoms with Crippen molar-refractivity contribution in [2.75, 3.05) is 13.2 Å². The number of rotatable bonds is 0. The second-order valence-corrected chi connectivity index (χ2v) is 6.29. The molecule has 20 heavy (non-hydrogen) atoms. The molecule has 3 fully saturated rings. The number of hydrogen-bond acceptors (Lipinski definition) is 4. The molecule has 0 radical (unpaired) electrons. The van der Waals surface area contributed by atoms with Crippen molar-refractivity contribution in [2.24, 2.45) is 23.7 Å². The summed E-state index contributed by atoms with van der Waals surface area (Å²) in [7, 11) is 0. The van der Waals surface area contributed by atoms with E-state index in [0.717, 1.165) is 25.8 Å². The maximum atomic E-state index is 12.8. The molecular formula is C15H17NO4. The van der Waals surface area contributed by atoms with Crippen molar-refractivity contribution in [1.29, 1.82) is 0 Å². The van der Waals surface area contributed by atoms with Gasteiger partial charge in [-0.1, -0.05) is 12.2 Å². The molecule has 1 saturated carbocycles. The zero-order valence-corrected chi connectivity index (χ0v) is 11.2. The number of fused-ring (bicyclic) bond motifs is 6. The highest BCUT2D eigenvalue weighted by Gasteiger charge is 2.55. The number of cyclic esters (lactones) is 1. The van der Waals surface area contributed by atoms with Crippen LogP contribution in [0.4, 0.5) is 0 Å². The first-order valence-electron chi connectivity index (χ1n) is 7.36. The predicted molar refractivity (Wildman–Crippen MR) is 68.4 cm³/mol. The summed E-state index contributed by atoms with van der Waals surface area (Å²) < 4.78 is 5.15. The second kappa shape index (κ2) is 4.17. The molecule has 0 aromatic carbocycles. The molecule has 5 heteroatoms. The highest BCUT2D eigenvalue weighted by Crippen LogP contribution is 2.50. The third-order valence-corrected chi connectivity index (χ3v) is 5.32. The first kappa shape index (κ1) is 12.1. The van der Waals surface area contributed by atoms with Crippen LogP contribution in [0.5, 0.6) is 0 Å². The Bertz CT molecular complexity index is 526. The summed E-state index contributed by atoms with van der Waals surface area (Å²) in [6, 6.07) is -0.0406. The van der Waals surface area contributed by atoms with Gasteiger partial charge in [-0.25, -0.2) is 4.79 Å². The van der Waals surface area contributed by atoms with Gasteiger partial charge in [-0.15, -0.1) is 0 Å². The molecule has 0 N–H and O–H groups in total. The third kappa shape index (κ3) is 1.52. The highest BCUT2D eigenvalue weighted by atomic mass is 16.5. The number of hydrogen-bond donors (Lipinski definition) is 0. The molecule has 1 amide bonds. The van der Waals surface area contributed by atoms with Gasteiger partial charge >= 0.3 is 5.97 Å². The van der Waals surface area contributed by atoms with E-state index in [1.165, 1.54) is 0 Å². The molecule has 2 aliphatic heterocycles. The van der Waals surface area contributed by atoms with Gasteiger partial charge in [0.1, 0.15) is 6.61 Å². The molecular weight excluding hydrogens is 258 g/mol. The standard InChI is InChI=1S/C15H17NO4/c17-13-11-8-3-4-9(6-8)12(11)14(18)16-5-1-2-10(16)7-20-15(13)19/h3-4,8-12H,1-2,5-7H2/t8-,9+,10+,11-,12+/m0/s1. The van der Waals surface area contributed by atoms with Crippen molar-refractivity contribution in [2.45, 2.75) is 25.3 Å². The Morgan fingerprint density at radius 3 is 2.65 bits per heavy atom. The van der Waals surface area contributed by atoms with Crippen molar-refractivity contribution in [3.8, 4) is 0 Å². The number of allylic oxidation sites excluding steroid dienone is 2. The van der Waals surface area contributed by atoms with Gasteiger partial charge in [0.2, 0.25) is 11.7 Å². The Kier molecular flexibility index (Phi) is 2.53. The summed E-state index contributed by atoms with van der Waals surface area (Å²) in [5.74, 6) is -1.88. The zero-order valence-electron chi connectivity index (χ0n) is 11.2. The molecule has 4 aliphatic rings. The molecule has 2 heterocycles. The summed E-state index contributed by atoms with van der Waals surface area (Å²) in [6.07, 6.45) is 6.66. The quantitative estimate of drug-likeness (QED) is 0.368. The average molecular weight is 275 g/mol. The Hall–Kier alpha value is -1.65. The molecule has 0 spiro atoms. The predicted octanol–water partition coefficient (Wildman–Crippen LogP) is 0.542. The average Bonchev–Trinajstić information content (AvgIpc) is 3.15. The SMILES string of the molecule is O=C1OC[C@H]2CCCN2C(=O)[C@H]2[C@@H](C1=O)[C@H]1C=C[C@@H]2C1. The molecule has 4 rings (SSSR count). The minimum Gasteiger partial charge on any atom is -0.458 e. The van der Waals surface area contributed by atoms with E-state index in [-0.39, 0.29) is 36.3 Å². The van der Waals surface area contributed by atoms with E-state index in [2.05, 4.69) is 0 Å². The van der Waals surface area contributed by atoms with E-state index in [1.807, 2.05) is 17.1 Å². The summed E-state index contributed by atoms with van der Waals surface area (Å²) in [4.78, 5) is 38.9. The van der Waals surface area contributed by atoms with Crippen LogP contribution in [-0.4, -0.2) is 41.8 Å². The van der Waals surface area contributed by atoms with E-state index >= 15 is 0 Å². The molecule has 106 valence electrons. The number of ketones is 1. The Morgan fingerprint density at radius 2 is 1.85 bits per heavy atom. The summed E-state index contributed by atoms with van der Waals surface area (Å²) in [6.45, 7) is 0.887. The van der Waals surface area contributed by atoms with E-state index in [1.54, 1.807) is 0 Å². The zero-order chi connectivity index (χ0) is 13.9. The number of carbonyl (C=O) groups is 3. The maximum Gasteiger partial charge on any atom is 0.375 e. The molecule has 0 unspecified atom stereocenters. The fourth-order valence-corrected chi connectivity index (χ4v) is 4.39. The fraction of sp³-hybridized carbons (Fsp3) is 0.667. The van der Waals surface area contributed by atoms with Gasteiger partial charge in [0.15, 0.2) is 0 Å². The minimum atomic E-state index is -0.748. The lowest BCUT2D eigenvalue weighted by molar-refractivity contribution is -0.156. The van der Waals surface area contributed by atoms with Crippen LogP contribution >= 0.6 is 0 Å². The maximum absolute atomic E-state index is 12.8. The van der Waals surface area contributed by atoms with E-state index in [4.69, 9.17) is 4.74 Å². The van der Waals surface area contributed by atoms with Crippen molar-refractivity contribution >= 4 is 17.7 Å². The monoisotopic (exact) mass is 275 g/mol. The van der Waals surface area contributed by atoms with Crippen LogP contribution < -0.4 is 0 Å². The lowest BCUT2D eigenvalue weighted by Crippen LogP contribution is -2.45. The number of nitrogens with zero attached hydrogens (tertiary/aromatic N) is 1. The van der Waals surface area contributed by atoms with Gasteiger partial charge in [-0.05, 0) is 31.1 Å². The van der Waals surface area contributed by atoms with Gasteiger partial charge < -0.3 is 9.64 Å². The molecule has 0 aromatic heterocycles. The van der Waals surface area contributed by atoms with Crippen molar-refractivity contribution in [3.05, 3.63) is 12.2 Å². The van der Waals surface area contributed by atoms with Gasteiger partial charge in [-0.3, -0.25) is 9.59 Å². The lowest BCUT2D eigenvalue weighted by atomic mass is 9.79. The summed E-state index contributed by atoms with van der Waals surface area (Å²) >= 11 is 0. The molecule has 5 nitrogen and oxygen atoms in total. The summed E-state index contributed by atoms with van der Waals surface area (Å²) in [5, 5.41) is 0. The van der Waals surface area contributed by atoms with Gasteiger partial charge in [0.05, 0.1) is 12.0 Å². The number of ether oxygens (including phenoxy) is 1. The van der Waals surface area contributed by atoms with Crippen molar-refractivity contribution in [3.63, 3.8) is 0 Å². The Morgan fingerprint density at radius 1 is 1.10 bits per heavy atom. The van der Waals surface area contributed by atoms with Crippen molar-refractivity contribution in [1.82, 2.24) is 4.90 Å². The second-order valence-electron chi connectivity index (χ2n) is 6.29. The number of Topliss-reactive ketones (excluding diaryl/α,β-unsaturated/α-hetero) is 1. The highest BCUT2D eigenvalue weighted by molar-refractivity contribution is 6.35. The topological polar surface area (TPSA) is 63.7 Å². The fourth-order valence-electron chi connectivity index (χ4n) is 4.39. The van der Waals surface area contributed by atoms with E-state index in [9.17, 15) is 14.4 Å². The van der Waals surface area contributed by atoms with Crippen LogP contribution in [0.1, 0.15) is 19.3 Å². The minimum absolute atomic E-state index is 0.0353. The van der Waals surface area contributed by atoms with Crippen LogP contribution in [0, 0.1) is 23.7 Å². The van der Waals surface area contributed by atoms with Crippen molar-refractivity contribution < 1.29 is 19.1 Å². The van der Waals surface area contributed by atoms with Gasteiger partial charge in [0.25, 0.3) is 0 Å². The first-order valence-corrected chi connectivity index (χ1v) is 7.36. The van der Waals surface area contributed by atoms with Crippen LogP contribution in [0.2, 0.25) is 0 Å². The molecule has 5 atom stereocenters. The smallest absolute Gasteiger partial charge is 0.375 e. The van der Waals surface area contributed by atoms with Crippen LogP contribution in [0.25, 0.3) is 0 Å². The van der Waals surface area contributed by atoms with Gasteiger partial charge in [0, 0.05) is 12.5 Å². The Labute approximate surface area is 116 Å². The molecule has 2 saturated heterocycles. The number of amides is 1. The summed E-state index contributed by atoms with van der Waals surface area (Å²) in [5.41, 5.74) is 0. The van der Waals surface area contributed by atoms with Crippen LogP contribution in [0.15, 0.2) is 12.2 Å². The van der Waals surface area contributed by atoms with E-state index < -0.39 is 17.7 Å². The van der Waals surface area contributed by atoms with Crippen LogP contribution in [0.3, 0.4) is 0 Å². The van der Waals surface area contributed by atoms with Gasteiger partial charge in [-0.2, -0.15) is 0 Å². The Balaban J connectivity index is 1.75. The number of carbonyl (C=O) groups excluding carboxylic acids is 3.